The van der Waals surface area contributed by atoms with Gasteiger partial charge in [0.2, 0.25) is 0 Å². The van der Waals surface area contributed by atoms with Gasteiger partial charge in [-0.1, -0.05) is 17.8 Å². The molecule has 0 radical (unpaired) electrons. The molecular weight excluding hydrogens is 390 g/mol. The third kappa shape index (κ3) is 5.26. The van der Waals surface area contributed by atoms with Crippen LogP contribution in [-0.2, 0) is 19.2 Å². The van der Waals surface area contributed by atoms with Crippen LogP contribution in [0.3, 0.4) is 0 Å². The van der Waals surface area contributed by atoms with Crippen molar-refractivity contribution in [3.8, 4) is 11.5 Å². The average molecular weight is 414 g/mol. The van der Waals surface area contributed by atoms with Crippen molar-refractivity contribution < 1.29 is 14.3 Å². The Labute approximate surface area is 173 Å². The fraction of sp³-hybridized carbons (Fsp3) is 0.300. The van der Waals surface area contributed by atoms with Gasteiger partial charge in [0, 0.05) is 37.5 Å². The van der Waals surface area contributed by atoms with Gasteiger partial charge in [-0.2, -0.15) is 0 Å². The lowest BCUT2D eigenvalue weighted by molar-refractivity contribution is 0.0953. The highest BCUT2D eigenvalue weighted by Crippen LogP contribution is 2.27. The van der Waals surface area contributed by atoms with Gasteiger partial charge in [-0.25, -0.2) is 0 Å². The fourth-order valence-electron chi connectivity index (χ4n) is 2.68. The smallest absolute Gasteiger partial charge is 0.251 e. The minimum Gasteiger partial charge on any atom is -0.493 e. The number of rotatable bonds is 9. The molecule has 1 N–H and O–H groups in total. The number of amides is 1. The lowest BCUT2D eigenvalue weighted by Crippen LogP contribution is -2.26. The van der Waals surface area contributed by atoms with E-state index in [9.17, 15) is 4.79 Å². The Hall–Kier alpha value is -3.07. The molecule has 2 aromatic heterocycles. The van der Waals surface area contributed by atoms with Crippen LogP contribution in [0.15, 0.2) is 47.8 Å². The van der Waals surface area contributed by atoms with E-state index < -0.39 is 0 Å². The molecule has 3 rings (SSSR count). The summed E-state index contributed by atoms with van der Waals surface area (Å²) in [5.41, 5.74) is 1.50. The Morgan fingerprint density at radius 3 is 2.69 bits per heavy atom. The van der Waals surface area contributed by atoms with E-state index in [0.29, 0.717) is 30.0 Å². The Morgan fingerprint density at radius 1 is 1.14 bits per heavy atom. The minimum absolute atomic E-state index is 0.183. The van der Waals surface area contributed by atoms with Crippen LogP contribution in [0.4, 0.5) is 0 Å². The number of aromatic nitrogens is 4. The van der Waals surface area contributed by atoms with Crippen molar-refractivity contribution in [1.82, 2.24) is 25.1 Å². The molecule has 29 heavy (non-hydrogen) atoms. The van der Waals surface area contributed by atoms with E-state index >= 15 is 0 Å². The largest absolute Gasteiger partial charge is 0.493 e. The standard InChI is InChI=1S/C20H23N5O3S/c1-25-18(23-24-20(25)29-13-15-6-4-5-10-21-15)9-11-22-19(26)14-7-8-16(27-2)17(12-14)28-3/h4-8,10,12H,9,11,13H2,1-3H3,(H,22,26). The van der Waals surface area contributed by atoms with Crippen LogP contribution in [0.5, 0.6) is 11.5 Å². The highest BCUT2D eigenvalue weighted by molar-refractivity contribution is 7.98. The van der Waals surface area contributed by atoms with Crippen LogP contribution in [-0.4, -0.2) is 46.4 Å². The van der Waals surface area contributed by atoms with Crippen molar-refractivity contribution in [1.29, 1.82) is 0 Å². The van der Waals surface area contributed by atoms with Gasteiger partial charge in [0.1, 0.15) is 5.82 Å². The van der Waals surface area contributed by atoms with Gasteiger partial charge in [-0.3, -0.25) is 9.78 Å². The first-order valence-electron chi connectivity index (χ1n) is 9.03. The number of carbonyl (C=O) groups is 1. The predicted molar refractivity (Wildman–Crippen MR) is 110 cm³/mol. The third-order valence-electron chi connectivity index (χ3n) is 4.28. The van der Waals surface area contributed by atoms with Crippen molar-refractivity contribution in [2.24, 2.45) is 7.05 Å². The first kappa shape index (κ1) is 20.7. The molecule has 0 bridgehead atoms. The van der Waals surface area contributed by atoms with Gasteiger partial charge in [0.05, 0.1) is 19.9 Å². The molecule has 152 valence electrons. The van der Waals surface area contributed by atoms with Gasteiger partial charge in [-0.15, -0.1) is 10.2 Å². The highest BCUT2D eigenvalue weighted by Gasteiger charge is 2.13. The first-order chi connectivity index (χ1) is 14.1. The van der Waals surface area contributed by atoms with Gasteiger partial charge in [0.15, 0.2) is 16.7 Å². The van der Waals surface area contributed by atoms with E-state index in [1.54, 1.807) is 43.3 Å². The van der Waals surface area contributed by atoms with E-state index in [-0.39, 0.29) is 5.91 Å². The quantitative estimate of drug-likeness (QED) is 0.539. The van der Waals surface area contributed by atoms with Crippen molar-refractivity contribution >= 4 is 17.7 Å². The second kappa shape index (κ2) is 9.92. The lowest BCUT2D eigenvalue weighted by Gasteiger charge is -2.10. The monoisotopic (exact) mass is 413 g/mol. The van der Waals surface area contributed by atoms with Gasteiger partial charge >= 0.3 is 0 Å². The molecule has 0 atom stereocenters. The lowest BCUT2D eigenvalue weighted by atomic mass is 10.2. The molecule has 0 saturated heterocycles. The van der Waals surface area contributed by atoms with E-state index in [0.717, 1.165) is 22.4 Å². The summed E-state index contributed by atoms with van der Waals surface area (Å²) in [5, 5.41) is 12.2. The summed E-state index contributed by atoms with van der Waals surface area (Å²) < 4.78 is 12.4. The van der Waals surface area contributed by atoms with Crippen molar-refractivity contribution in [3.63, 3.8) is 0 Å². The summed E-state index contributed by atoms with van der Waals surface area (Å²) >= 11 is 1.58. The fourth-order valence-corrected chi connectivity index (χ4v) is 3.52. The maximum absolute atomic E-state index is 12.4. The normalized spacial score (nSPS) is 10.6. The van der Waals surface area contributed by atoms with Crippen molar-refractivity contribution in [2.45, 2.75) is 17.3 Å². The number of methoxy groups -OCH3 is 2. The molecule has 0 spiro atoms. The van der Waals surface area contributed by atoms with E-state index in [1.165, 1.54) is 7.11 Å². The summed E-state index contributed by atoms with van der Waals surface area (Å²) in [4.78, 5) is 16.7. The Bertz CT molecular complexity index is 962. The van der Waals surface area contributed by atoms with Crippen molar-refractivity contribution in [2.75, 3.05) is 20.8 Å². The van der Waals surface area contributed by atoms with E-state index in [4.69, 9.17) is 9.47 Å². The second-order valence-electron chi connectivity index (χ2n) is 6.14. The molecule has 0 aliphatic rings. The number of ether oxygens (including phenoxy) is 2. The topological polar surface area (TPSA) is 91.2 Å². The number of benzene rings is 1. The highest BCUT2D eigenvalue weighted by atomic mass is 32.2. The van der Waals surface area contributed by atoms with Crippen molar-refractivity contribution in [3.05, 3.63) is 59.7 Å². The molecular formula is C20H23N5O3S. The summed E-state index contributed by atoms with van der Waals surface area (Å²) in [6, 6.07) is 10.9. The van der Waals surface area contributed by atoms with Gasteiger partial charge in [0.25, 0.3) is 5.91 Å². The van der Waals surface area contributed by atoms with Crippen LogP contribution >= 0.6 is 11.8 Å². The third-order valence-corrected chi connectivity index (χ3v) is 5.33. The predicted octanol–water partition coefficient (Wildman–Crippen LogP) is 2.49. The SMILES string of the molecule is COc1ccc(C(=O)NCCc2nnc(SCc3ccccn3)n2C)cc1OC. The van der Waals surface area contributed by atoms with E-state index in [2.05, 4.69) is 20.5 Å². The zero-order chi connectivity index (χ0) is 20.6. The molecule has 0 unspecified atom stereocenters. The summed E-state index contributed by atoms with van der Waals surface area (Å²) in [5.74, 6) is 2.45. The molecule has 9 heteroatoms. The van der Waals surface area contributed by atoms with Gasteiger partial charge < -0.3 is 19.4 Å². The first-order valence-corrected chi connectivity index (χ1v) is 10.0. The minimum atomic E-state index is -0.183. The Morgan fingerprint density at radius 2 is 1.97 bits per heavy atom. The molecule has 2 heterocycles. The van der Waals surface area contributed by atoms with Crippen LogP contribution in [0.2, 0.25) is 0 Å². The molecule has 8 nitrogen and oxygen atoms in total. The summed E-state index contributed by atoms with van der Waals surface area (Å²) in [6.45, 7) is 0.448. The molecule has 0 aliphatic carbocycles. The maximum atomic E-state index is 12.4. The number of hydrogen-bond acceptors (Lipinski definition) is 7. The van der Waals surface area contributed by atoms with Crippen LogP contribution in [0.1, 0.15) is 21.9 Å². The summed E-state index contributed by atoms with van der Waals surface area (Å²) in [6.07, 6.45) is 2.35. The molecule has 1 aromatic carbocycles. The molecule has 0 fully saturated rings. The second-order valence-corrected chi connectivity index (χ2v) is 7.09. The molecule has 3 aromatic rings. The average Bonchev–Trinajstić information content (AvgIpc) is 3.11. The number of nitrogens with zero attached hydrogens (tertiary/aromatic N) is 4. The number of pyridine rings is 1. The zero-order valence-electron chi connectivity index (χ0n) is 16.6. The molecule has 0 aliphatic heterocycles. The number of carbonyl (C=O) groups excluding carboxylic acids is 1. The van der Waals surface area contributed by atoms with Crippen LogP contribution in [0, 0.1) is 0 Å². The molecule has 0 saturated carbocycles. The summed E-state index contributed by atoms with van der Waals surface area (Å²) in [7, 11) is 5.02. The Balaban J connectivity index is 1.53. The zero-order valence-corrected chi connectivity index (χ0v) is 17.4. The van der Waals surface area contributed by atoms with E-state index in [1.807, 2.05) is 29.8 Å². The molecule has 1 amide bonds. The van der Waals surface area contributed by atoms with Gasteiger partial charge in [-0.05, 0) is 30.3 Å². The van der Waals surface area contributed by atoms with Crippen LogP contribution in [0.25, 0.3) is 0 Å². The van der Waals surface area contributed by atoms with Crippen LogP contribution < -0.4 is 14.8 Å². The Kier molecular flexibility index (Phi) is 7.07. The number of hydrogen-bond donors (Lipinski definition) is 1. The number of nitrogens with one attached hydrogen (secondary N) is 1. The number of thioether (sulfide) groups is 1. The maximum Gasteiger partial charge on any atom is 0.251 e.